The maximum atomic E-state index is 5.74. The molecule has 1 aliphatic heterocycles. The third-order valence-corrected chi connectivity index (χ3v) is 4.83. The number of benzene rings is 1. The first-order valence-electron chi connectivity index (χ1n) is 3.65. The molecule has 2 rings (SSSR count). The SMILES string of the molecule is CC1(C)O[IH]c2ccccc21.[Rf]. The van der Waals surface area contributed by atoms with Crippen molar-refractivity contribution in [3.8, 4) is 0 Å². The normalized spacial score (nSPS) is 18.8. The minimum atomic E-state index is -0.337. The molecule has 1 nitrogen and oxygen atoms in total. The third kappa shape index (κ3) is 1.16. The second-order valence-electron chi connectivity index (χ2n) is 3.17. The van der Waals surface area contributed by atoms with E-state index in [2.05, 4.69) is 38.1 Å². The van der Waals surface area contributed by atoms with Crippen LogP contribution in [-0.2, 0) is 8.67 Å². The average molecular weight is 529 g/mol. The number of fused-ring (bicyclic) bond motifs is 1. The summed E-state index contributed by atoms with van der Waals surface area (Å²) in [6, 6.07) is 8.54. The Morgan fingerprint density at radius 3 is 2.58 bits per heavy atom. The first-order valence-corrected chi connectivity index (χ1v) is 5.77. The Kier molecular flexibility index (Phi) is 2.06. The molecule has 1 aromatic carbocycles. The maximum Gasteiger partial charge on any atom is 0 e. The second-order valence-corrected chi connectivity index (χ2v) is 5.38. The molecule has 0 radical (unpaired) electrons. The van der Waals surface area contributed by atoms with Crippen molar-refractivity contribution in [1.82, 2.24) is 0 Å². The van der Waals surface area contributed by atoms with Gasteiger partial charge in [-0.3, -0.25) is 0 Å². The van der Waals surface area contributed by atoms with E-state index in [1.54, 1.807) is 0 Å². The van der Waals surface area contributed by atoms with Crippen molar-refractivity contribution in [2.45, 2.75) is 19.4 Å². The molecule has 1 heterocycles. The molecule has 0 unspecified atom stereocenters. The fourth-order valence-corrected chi connectivity index (χ4v) is 3.87. The molecular formula is C9H11IORf. The Labute approximate surface area is 77.6 Å². The predicted octanol–water partition coefficient (Wildman–Crippen LogP) is 2.74. The van der Waals surface area contributed by atoms with Crippen LogP contribution in [0.2, 0.25) is 0 Å². The number of hydrogen-bond acceptors (Lipinski definition) is 1. The molecule has 0 amide bonds. The molecule has 12 heavy (non-hydrogen) atoms. The zero-order valence-electron chi connectivity index (χ0n) is 7.33. The van der Waals surface area contributed by atoms with Gasteiger partial charge in [-0.25, -0.2) is 0 Å². The van der Waals surface area contributed by atoms with Gasteiger partial charge in [-0.2, -0.15) is 0 Å². The number of halogens is 1. The van der Waals surface area contributed by atoms with Gasteiger partial charge in [0.15, 0.2) is 0 Å². The van der Waals surface area contributed by atoms with Crippen molar-refractivity contribution in [2.24, 2.45) is 0 Å². The van der Waals surface area contributed by atoms with Gasteiger partial charge in [0.1, 0.15) is 0 Å². The van der Waals surface area contributed by atoms with E-state index in [0.29, 0.717) is 0 Å². The largest absolute Gasteiger partial charge is 0 e. The summed E-state index contributed by atoms with van der Waals surface area (Å²) in [4.78, 5) is 0. The van der Waals surface area contributed by atoms with Gasteiger partial charge in [0.25, 0.3) is 0 Å². The molecule has 0 atom stereocenters. The van der Waals surface area contributed by atoms with E-state index in [-0.39, 0.29) is 27.2 Å². The van der Waals surface area contributed by atoms with Crippen molar-refractivity contribution in [3.63, 3.8) is 0 Å². The summed E-state index contributed by atoms with van der Waals surface area (Å²) < 4.78 is 7.20. The van der Waals surface area contributed by atoms with Crippen molar-refractivity contribution in [3.05, 3.63) is 33.4 Å². The Bertz CT molecular complexity index is 286. The maximum absolute atomic E-state index is 5.74. The van der Waals surface area contributed by atoms with Gasteiger partial charge in [0, 0.05) is 0 Å². The minimum Gasteiger partial charge on any atom is 0 e. The van der Waals surface area contributed by atoms with Crippen LogP contribution >= 0.6 is 21.6 Å². The standard InChI is InChI=1S/C9H11IO.Rf/c1-9(2)7-5-3-4-6-8(7)10-11-9;/h3-6,10H,1-2H3;. The van der Waals surface area contributed by atoms with E-state index in [1.807, 2.05) is 0 Å². The molecule has 0 saturated carbocycles. The van der Waals surface area contributed by atoms with E-state index < -0.39 is 0 Å². The Morgan fingerprint density at radius 1 is 1.25 bits per heavy atom. The van der Waals surface area contributed by atoms with Crippen LogP contribution in [0, 0.1) is 3.57 Å². The molecule has 62 valence electrons. The van der Waals surface area contributed by atoms with E-state index in [9.17, 15) is 0 Å². The fraction of sp³-hybridized carbons (Fsp3) is 0.333. The van der Waals surface area contributed by atoms with Crippen LogP contribution in [0.25, 0.3) is 0 Å². The van der Waals surface area contributed by atoms with Crippen LogP contribution in [0.5, 0.6) is 0 Å². The summed E-state index contributed by atoms with van der Waals surface area (Å²) in [6.45, 7) is 4.28. The molecule has 3 heteroatoms. The van der Waals surface area contributed by atoms with Gasteiger partial charge in [-0.15, -0.1) is 0 Å². The molecule has 0 fully saturated rings. The van der Waals surface area contributed by atoms with Crippen LogP contribution < -0.4 is 0 Å². The van der Waals surface area contributed by atoms with E-state index >= 15 is 0 Å². The van der Waals surface area contributed by atoms with E-state index in [0.717, 1.165) is 0 Å². The van der Waals surface area contributed by atoms with Crippen LogP contribution in [0.3, 0.4) is 0 Å². The smallest absolute Gasteiger partial charge is 0 e. The van der Waals surface area contributed by atoms with Gasteiger partial charge in [0.05, 0.1) is 0 Å². The first-order chi connectivity index (χ1) is 5.20. The van der Waals surface area contributed by atoms with E-state index in [1.165, 1.54) is 9.13 Å². The van der Waals surface area contributed by atoms with Gasteiger partial charge in [-0.1, -0.05) is 0 Å². The quantitative estimate of drug-likeness (QED) is 0.471. The first kappa shape index (κ1) is 9.00. The molecule has 0 aromatic heterocycles. The zero-order chi connectivity index (χ0) is 7.90. The summed E-state index contributed by atoms with van der Waals surface area (Å²) in [5.74, 6) is 0. The molecule has 1 aliphatic rings. The van der Waals surface area contributed by atoms with Gasteiger partial charge in [0.2, 0.25) is 0 Å². The predicted molar refractivity (Wildman–Crippen MR) is 54.7 cm³/mol. The van der Waals surface area contributed by atoms with Crippen molar-refractivity contribution >= 4 is 21.6 Å². The molecule has 0 spiro atoms. The number of rotatable bonds is 0. The van der Waals surface area contributed by atoms with Crippen molar-refractivity contribution < 1.29 is 3.07 Å². The molecular weight excluding hydrogens is 518 g/mol. The average Bonchev–Trinajstić information content (AvgIpc) is 2.29. The Hall–Kier alpha value is -1.09. The monoisotopic (exact) mass is 529 g/mol. The zero-order valence-corrected chi connectivity index (χ0v) is 16.1. The Balaban J connectivity index is 0.000000720. The molecule has 0 N–H and O–H groups in total. The van der Waals surface area contributed by atoms with Crippen molar-refractivity contribution in [1.29, 1.82) is 0 Å². The summed E-state index contributed by atoms with van der Waals surface area (Å²) >= 11 is -0.337. The van der Waals surface area contributed by atoms with Crippen LogP contribution in [-0.4, -0.2) is 0 Å². The minimum absolute atomic E-state index is 0. The van der Waals surface area contributed by atoms with Crippen molar-refractivity contribution in [2.75, 3.05) is 0 Å². The molecule has 0 bridgehead atoms. The fourth-order valence-electron chi connectivity index (χ4n) is 1.23. The molecule has 0 aliphatic carbocycles. The number of hydrogen-bond donors (Lipinski definition) is 0. The van der Waals surface area contributed by atoms with Gasteiger partial charge < -0.3 is 0 Å². The topological polar surface area (TPSA) is 9.23 Å². The third-order valence-electron chi connectivity index (χ3n) is 1.88. The van der Waals surface area contributed by atoms with E-state index in [4.69, 9.17) is 3.07 Å². The molecule has 0 saturated heterocycles. The van der Waals surface area contributed by atoms with Gasteiger partial charge >= 0.3 is 77.5 Å². The summed E-state index contributed by atoms with van der Waals surface area (Å²) in [5, 5.41) is 0. The molecule has 1 aromatic rings. The summed E-state index contributed by atoms with van der Waals surface area (Å²) in [5.41, 5.74) is 1.38. The van der Waals surface area contributed by atoms with Gasteiger partial charge in [-0.05, 0) is 0 Å². The Morgan fingerprint density at radius 2 is 1.92 bits per heavy atom. The second kappa shape index (κ2) is 2.75. The summed E-state index contributed by atoms with van der Waals surface area (Å²) in [6.07, 6.45) is 0. The van der Waals surface area contributed by atoms with Crippen LogP contribution in [0.1, 0.15) is 19.4 Å². The summed E-state index contributed by atoms with van der Waals surface area (Å²) in [7, 11) is 0. The van der Waals surface area contributed by atoms with Crippen LogP contribution in [0.4, 0.5) is 0 Å². The van der Waals surface area contributed by atoms with Crippen LogP contribution in [0.15, 0.2) is 24.3 Å².